The summed E-state index contributed by atoms with van der Waals surface area (Å²) >= 11 is 0. The predicted molar refractivity (Wildman–Crippen MR) is 185 cm³/mol. The normalized spacial score (nSPS) is 16.7. The summed E-state index contributed by atoms with van der Waals surface area (Å²) in [6.07, 6.45) is 4.19. The standard InChI is InChI=1S/C39H37F5N3O2/c1-10-46-25-14-24-22(12-20(25)18(3)16-38(46,5)6)36-30(37(48)45(24)9)28(29-31(40)33(42)35(44)34(43)32(29)41)23-13-21-19(4)17-39(7,8)47(11-2)26(21)15-27(23)49-36/h12-17H,10-11H2,1-9H3/q+1. The molecule has 0 aromatic heterocycles. The Morgan fingerprint density at radius 1 is 0.673 bits per heavy atom. The molecular formula is C39H37F5N3O2+. The van der Waals surface area contributed by atoms with Gasteiger partial charge in [0.15, 0.2) is 29.0 Å². The summed E-state index contributed by atoms with van der Waals surface area (Å²) in [4.78, 5) is 18.8. The number of benzene rings is 3. The number of likely N-dealkylation sites (N-methyl/N-ethyl adjacent to an activating group) is 2. The van der Waals surface area contributed by atoms with Crippen molar-refractivity contribution in [3.05, 3.63) is 87.0 Å². The van der Waals surface area contributed by atoms with Gasteiger partial charge in [-0.25, -0.2) is 26.7 Å². The Labute approximate surface area is 280 Å². The minimum Gasteiger partial charge on any atom is -0.455 e. The molecule has 0 unspecified atom stereocenters. The molecule has 3 aromatic rings. The van der Waals surface area contributed by atoms with Crippen molar-refractivity contribution in [1.29, 1.82) is 0 Å². The molecule has 0 bridgehead atoms. The molecule has 254 valence electrons. The van der Waals surface area contributed by atoms with Gasteiger partial charge in [0.25, 0.3) is 0 Å². The van der Waals surface area contributed by atoms with Crippen molar-refractivity contribution in [2.24, 2.45) is 7.05 Å². The quantitative estimate of drug-likeness (QED) is 0.0478. The number of rotatable bonds is 3. The molecule has 0 radical (unpaired) electrons. The largest absolute Gasteiger partial charge is 0.455 e. The number of hydrogen-bond donors (Lipinski definition) is 0. The van der Waals surface area contributed by atoms with Crippen LogP contribution in [0.3, 0.4) is 0 Å². The van der Waals surface area contributed by atoms with Crippen LogP contribution in [0.25, 0.3) is 55.5 Å². The Morgan fingerprint density at radius 3 is 1.65 bits per heavy atom. The lowest BCUT2D eigenvalue weighted by Crippen LogP contribution is -2.49. The Morgan fingerprint density at radius 2 is 1.14 bits per heavy atom. The minimum atomic E-state index is -2.28. The van der Waals surface area contributed by atoms with E-state index in [0.717, 1.165) is 28.1 Å². The number of hydrogen-bond acceptors (Lipinski definition) is 4. The first-order valence-corrected chi connectivity index (χ1v) is 16.4. The van der Waals surface area contributed by atoms with E-state index in [1.807, 2.05) is 45.9 Å². The maximum absolute atomic E-state index is 15.9. The van der Waals surface area contributed by atoms with Crippen molar-refractivity contribution < 1.29 is 30.9 Å². The number of allylic oxidation sites excluding steroid dienone is 2. The summed E-state index contributed by atoms with van der Waals surface area (Å²) in [5.74, 6) is -10.5. The number of halogens is 5. The molecule has 3 aromatic carbocycles. The lowest BCUT2D eigenvalue weighted by atomic mass is 9.85. The molecule has 0 saturated heterocycles. The number of fused-ring (bicyclic) bond motifs is 6. The molecule has 5 nitrogen and oxygen atoms in total. The maximum atomic E-state index is 15.9. The van der Waals surface area contributed by atoms with E-state index in [0.29, 0.717) is 29.6 Å². The molecular weight excluding hydrogens is 637 g/mol. The van der Waals surface area contributed by atoms with E-state index in [1.165, 1.54) is 11.6 Å². The van der Waals surface area contributed by atoms with Gasteiger partial charge in [0, 0.05) is 53.0 Å². The van der Waals surface area contributed by atoms with Gasteiger partial charge in [-0.05, 0) is 78.7 Å². The number of aryl methyl sites for hydroxylation is 1. The van der Waals surface area contributed by atoms with Crippen LogP contribution < -0.4 is 19.9 Å². The molecule has 7 rings (SSSR count). The molecule has 10 heteroatoms. The van der Waals surface area contributed by atoms with Crippen molar-refractivity contribution in [3.63, 3.8) is 0 Å². The zero-order valence-electron chi connectivity index (χ0n) is 28.9. The lowest BCUT2D eigenvalue weighted by molar-refractivity contribution is -0.658. The molecule has 4 aliphatic heterocycles. The topological polar surface area (TPSA) is 40.6 Å². The van der Waals surface area contributed by atoms with E-state index in [4.69, 9.17) is 4.42 Å². The lowest BCUT2D eigenvalue weighted by Gasteiger charge is -2.43. The van der Waals surface area contributed by atoms with Gasteiger partial charge >= 0.3 is 5.56 Å². The number of anilines is 2. The maximum Gasteiger partial charge on any atom is 0.424 e. The molecule has 0 N–H and O–H groups in total. The Kier molecular flexibility index (Phi) is 7.12. The van der Waals surface area contributed by atoms with Crippen LogP contribution in [-0.2, 0) is 7.05 Å². The molecule has 0 spiro atoms. The summed E-state index contributed by atoms with van der Waals surface area (Å²) in [5, 5.41) is 0.496. The zero-order valence-corrected chi connectivity index (χ0v) is 28.9. The van der Waals surface area contributed by atoms with Crippen LogP contribution in [0.15, 0.2) is 45.6 Å². The van der Waals surface area contributed by atoms with E-state index in [9.17, 15) is 18.0 Å². The smallest absolute Gasteiger partial charge is 0.424 e. The van der Waals surface area contributed by atoms with Crippen molar-refractivity contribution in [2.75, 3.05) is 22.9 Å². The molecule has 4 heterocycles. The fraction of sp³-hybridized carbons (Fsp3) is 0.333. The molecule has 4 aliphatic rings. The molecule has 0 aliphatic carbocycles. The monoisotopic (exact) mass is 674 g/mol. The van der Waals surface area contributed by atoms with Crippen LogP contribution in [-0.4, -0.2) is 24.2 Å². The van der Waals surface area contributed by atoms with Crippen LogP contribution in [0.1, 0.15) is 66.5 Å². The minimum absolute atomic E-state index is 0.0154. The van der Waals surface area contributed by atoms with Gasteiger partial charge in [0.05, 0.1) is 27.7 Å². The van der Waals surface area contributed by atoms with Crippen LogP contribution in [0, 0.1) is 29.1 Å². The first kappa shape index (κ1) is 32.8. The predicted octanol–water partition coefficient (Wildman–Crippen LogP) is 9.28. The van der Waals surface area contributed by atoms with E-state index >= 15 is 8.78 Å². The highest BCUT2D eigenvalue weighted by molar-refractivity contribution is 6.09. The van der Waals surface area contributed by atoms with Gasteiger partial charge in [-0.3, -0.25) is 0 Å². The van der Waals surface area contributed by atoms with Crippen LogP contribution in [0.2, 0.25) is 0 Å². The van der Waals surface area contributed by atoms with Crippen molar-refractivity contribution in [1.82, 2.24) is 0 Å². The van der Waals surface area contributed by atoms with Gasteiger partial charge in [0.1, 0.15) is 18.2 Å². The summed E-state index contributed by atoms with van der Waals surface area (Å²) < 4.78 is 83.9. The fourth-order valence-electron chi connectivity index (χ4n) is 8.28. The van der Waals surface area contributed by atoms with Gasteiger partial charge in [-0.2, -0.15) is 4.57 Å². The second kappa shape index (κ2) is 10.6. The SMILES string of the molecule is CCN1c2cc3oc4c5cc6c(cc5[n+](C)c(=O)c-4c(-c4c(F)c(F)c(F)c(F)c4F)c3cc2C(C)=CC1(C)C)N(CC)C(C)(C)C=C6C. The second-order valence-corrected chi connectivity index (χ2v) is 14.2. The van der Waals surface area contributed by atoms with E-state index < -0.39 is 51.3 Å². The van der Waals surface area contributed by atoms with E-state index in [1.54, 1.807) is 12.1 Å². The van der Waals surface area contributed by atoms with Crippen molar-refractivity contribution in [2.45, 2.75) is 66.5 Å². The summed E-state index contributed by atoms with van der Waals surface area (Å²) in [7, 11) is 1.52. The third-order valence-corrected chi connectivity index (χ3v) is 10.3. The van der Waals surface area contributed by atoms with Crippen molar-refractivity contribution in [3.8, 4) is 22.5 Å². The van der Waals surface area contributed by atoms with Crippen LogP contribution in [0.5, 0.6) is 0 Å². The van der Waals surface area contributed by atoms with Crippen molar-refractivity contribution >= 4 is 44.4 Å². The van der Waals surface area contributed by atoms with Crippen LogP contribution >= 0.6 is 0 Å². The second-order valence-electron chi connectivity index (χ2n) is 14.2. The van der Waals surface area contributed by atoms with E-state index in [2.05, 4.69) is 43.6 Å². The number of pyridine rings is 1. The fourth-order valence-corrected chi connectivity index (χ4v) is 8.28. The Hall–Kier alpha value is -4.73. The highest BCUT2D eigenvalue weighted by Gasteiger charge is 2.39. The third-order valence-electron chi connectivity index (χ3n) is 10.3. The van der Waals surface area contributed by atoms with E-state index in [-0.39, 0.29) is 27.8 Å². The average Bonchev–Trinajstić information content (AvgIpc) is 3.03. The Balaban J connectivity index is 1.73. The Bertz CT molecular complexity index is 2360. The first-order valence-electron chi connectivity index (χ1n) is 16.4. The summed E-state index contributed by atoms with van der Waals surface area (Å²) in [6, 6.07) is 7.12. The van der Waals surface area contributed by atoms with Gasteiger partial charge in [0.2, 0.25) is 11.3 Å². The first-order chi connectivity index (χ1) is 22.9. The van der Waals surface area contributed by atoms with Gasteiger partial charge in [-0.1, -0.05) is 12.2 Å². The summed E-state index contributed by atoms with van der Waals surface area (Å²) in [6.45, 7) is 17.5. The highest BCUT2D eigenvalue weighted by atomic mass is 19.2. The molecule has 49 heavy (non-hydrogen) atoms. The number of nitrogens with zero attached hydrogens (tertiary/aromatic N) is 3. The molecule has 0 atom stereocenters. The van der Waals surface area contributed by atoms with Gasteiger partial charge < -0.3 is 14.2 Å². The molecule has 0 saturated carbocycles. The summed E-state index contributed by atoms with van der Waals surface area (Å²) in [5.41, 5.74) is 2.34. The van der Waals surface area contributed by atoms with Crippen LogP contribution in [0.4, 0.5) is 33.3 Å². The third kappa shape index (κ3) is 4.41. The molecule has 0 fully saturated rings. The average molecular weight is 675 g/mol. The highest BCUT2D eigenvalue weighted by Crippen LogP contribution is 2.49. The zero-order chi connectivity index (χ0) is 35.6. The molecule has 0 amide bonds. The van der Waals surface area contributed by atoms with Gasteiger partial charge in [-0.15, -0.1) is 0 Å². The number of aromatic nitrogens is 1.